The highest BCUT2D eigenvalue weighted by atomic mass is 16.5. The van der Waals surface area contributed by atoms with E-state index in [4.69, 9.17) is 4.74 Å². The van der Waals surface area contributed by atoms with Crippen molar-refractivity contribution in [2.45, 2.75) is 58.5 Å². The van der Waals surface area contributed by atoms with Crippen LogP contribution < -0.4 is 5.32 Å². The maximum Gasteiger partial charge on any atom is 0.323 e. The minimum absolute atomic E-state index is 0.0761. The first-order valence-electron chi connectivity index (χ1n) is 7.65. The number of rotatable bonds is 7. The molecule has 1 saturated carbocycles. The summed E-state index contributed by atoms with van der Waals surface area (Å²) >= 11 is 0. The van der Waals surface area contributed by atoms with Crippen LogP contribution in [0.15, 0.2) is 0 Å². The molecule has 0 aromatic rings. The molecule has 2 fully saturated rings. The fourth-order valence-corrected chi connectivity index (χ4v) is 2.77. The lowest BCUT2D eigenvalue weighted by Gasteiger charge is -2.22. The van der Waals surface area contributed by atoms with E-state index < -0.39 is 0 Å². The van der Waals surface area contributed by atoms with Gasteiger partial charge in [-0.25, -0.2) is 0 Å². The number of likely N-dealkylation sites (tertiary alicyclic amines) is 1. The maximum atomic E-state index is 11.9. The number of esters is 1. The number of carbonyl (C=O) groups excluding carboxylic acids is 1. The number of carbonyl (C=O) groups is 1. The highest BCUT2D eigenvalue weighted by molar-refractivity contribution is 5.75. The van der Waals surface area contributed by atoms with E-state index >= 15 is 0 Å². The van der Waals surface area contributed by atoms with Gasteiger partial charge in [-0.1, -0.05) is 13.8 Å². The molecular formula is C15H28N2O2. The van der Waals surface area contributed by atoms with Gasteiger partial charge in [-0.15, -0.1) is 0 Å². The van der Waals surface area contributed by atoms with Gasteiger partial charge < -0.3 is 15.0 Å². The molecule has 0 spiro atoms. The zero-order valence-electron chi connectivity index (χ0n) is 12.6. The smallest absolute Gasteiger partial charge is 0.323 e. The van der Waals surface area contributed by atoms with Gasteiger partial charge in [0.15, 0.2) is 0 Å². The Morgan fingerprint density at radius 1 is 1.47 bits per heavy atom. The van der Waals surface area contributed by atoms with Crippen molar-refractivity contribution in [3.63, 3.8) is 0 Å². The normalized spacial score (nSPS) is 24.4. The second kappa shape index (κ2) is 6.23. The van der Waals surface area contributed by atoms with Gasteiger partial charge in [0, 0.05) is 19.1 Å². The van der Waals surface area contributed by atoms with Crippen LogP contribution in [-0.2, 0) is 9.53 Å². The number of nitrogens with one attached hydrogen (secondary N) is 1. The van der Waals surface area contributed by atoms with Crippen LogP contribution >= 0.6 is 0 Å². The summed E-state index contributed by atoms with van der Waals surface area (Å²) in [6.07, 6.45) is 4.53. The van der Waals surface area contributed by atoms with Crippen molar-refractivity contribution >= 4 is 5.97 Å². The molecule has 1 aliphatic carbocycles. The molecule has 19 heavy (non-hydrogen) atoms. The summed E-state index contributed by atoms with van der Waals surface area (Å²) in [4.78, 5) is 14.4. The van der Waals surface area contributed by atoms with Crippen molar-refractivity contribution in [3.8, 4) is 0 Å². The molecule has 1 atom stereocenters. The lowest BCUT2D eigenvalue weighted by molar-refractivity contribution is -0.146. The first-order valence-corrected chi connectivity index (χ1v) is 7.65. The Bertz CT molecular complexity index is 313. The van der Waals surface area contributed by atoms with E-state index in [1.165, 1.54) is 19.3 Å². The molecule has 1 saturated heterocycles. The van der Waals surface area contributed by atoms with Crippen LogP contribution in [0.25, 0.3) is 0 Å². The highest BCUT2D eigenvalue weighted by Gasteiger charge is 2.32. The second-order valence-electron chi connectivity index (χ2n) is 6.72. The van der Waals surface area contributed by atoms with Crippen LogP contribution in [-0.4, -0.2) is 49.2 Å². The van der Waals surface area contributed by atoms with Gasteiger partial charge in [-0.3, -0.25) is 4.79 Å². The molecule has 1 N–H and O–H groups in total. The fraction of sp³-hybridized carbons (Fsp3) is 0.933. The SMILES string of the molecule is CCOC(=O)C(CCN1CCC(C)(C)C1)NC1CC1. The average molecular weight is 268 g/mol. The molecule has 0 amide bonds. The van der Waals surface area contributed by atoms with E-state index in [2.05, 4.69) is 24.1 Å². The Balaban J connectivity index is 1.77. The predicted octanol–water partition coefficient (Wildman–Crippen LogP) is 1.79. The van der Waals surface area contributed by atoms with Crippen molar-refractivity contribution in [1.82, 2.24) is 10.2 Å². The lowest BCUT2D eigenvalue weighted by atomic mass is 9.93. The second-order valence-corrected chi connectivity index (χ2v) is 6.72. The number of nitrogens with zero attached hydrogens (tertiary/aromatic N) is 1. The summed E-state index contributed by atoms with van der Waals surface area (Å²) in [7, 11) is 0. The minimum Gasteiger partial charge on any atom is -0.465 e. The van der Waals surface area contributed by atoms with E-state index in [1.54, 1.807) is 0 Å². The van der Waals surface area contributed by atoms with Crippen molar-refractivity contribution in [2.75, 3.05) is 26.2 Å². The van der Waals surface area contributed by atoms with Crippen LogP contribution in [0, 0.1) is 5.41 Å². The van der Waals surface area contributed by atoms with Gasteiger partial charge in [0.1, 0.15) is 6.04 Å². The lowest BCUT2D eigenvalue weighted by Crippen LogP contribution is -2.42. The maximum absolute atomic E-state index is 11.9. The van der Waals surface area contributed by atoms with Crippen LogP contribution in [0.3, 0.4) is 0 Å². The molecule has 2 aliphatic rings. The van der Waals surface area contributed by atoms with Crippen molar-refractivity contribution in [2.24, 2.45) is 5.41 Å². The summed E-state index contributed by atoms with van der Waals surface area (Å²) in [6, 6.07) is 0.431. The summed E-state index contributed by atoms with van der Waals surface area (Å²) in [5.74, 6) is -0.0761. The topological polar surface area (TPSA) is 41.6 Å². The van der Waals surface area contributed by atoms with Crippen molar-refractivity contribution < 1.29 is 9.53 Å². The number of hydrogen-bond acceptors (Lipinski definition) is 4. The molecule has 0 aromatic heterocycles. The molecule has 4 nitrogen and oxygen atoms in total. The highest BCUT2D eigenvalue weighted by Crippen LogP contribution is 2.29. The summed E-state index contributed by atoms with van der Waals surface area (Å²) < 4.78 is 5.17. The zero-order chi connectivity index (χ0) is 13.9. The zero-order valence-corrected chi connectivity index (χ0v) is 12.6. The molecule has 0 bridgehead atoms. The Hall–Kier alpha value is -0.610. The molecule has 110 valence electrons. The molecule has 1 aliphatic heterocycles. The first kappa shape index (κ1) is 14.8. The van der Waals surface area contributed by atoms with E-state index in [0.717, 1.165) is 26.1 Å². The third kappa shape index (κ3) is 4.77. The van der Waals surface area contributed by atoms with Gasteiger partial charge in [-0.2, -0.15) is 0 Å². The van der Waals surface area contributed by atoms with Gasteiger partial charge in [-0.05, 0) is 44.6 Å². The van der Waals surface area contributed by atoms with Crippen LogP contribution in [0.2, 0.25) is 0 Å². The monoisotopic (exact) mass is 268 g/mol. The quantitative estimate of drug-likeness (QED) is 0.715. The Kier molecular flexibility index (Phi) is 4.85. The molecule has 0 radical (unpaired) electrons. The molecule has 2 rings (SSSR count). The minimum atomic E-state index is -0.115. The first-order chi connectivity index (χ1) is 9.00. The van der Waals surface area contributed by atoms with Crippen LogP contribution in [0.4, 0.5) is 0 Å². The summed E-state index contributed by atoms with van der Waals surface area (Å²) in [6.45, 7) is 10.3. The largest absolute Gasteiger partial charge is 0.465 e. The third-order valence-corrected chi connectivity index (χ3v) is 4.08. The Morgan fingerprint density at radius 2 is 2.21 bits per heavy atom. The van der Waals surface area contributed by atoms with Gasteiger partial charge in [0.05, 0.1) is 6.61 Å². The van der Waals surface area contributed by atoms with E-state index in [1.807, 2.05) is 6.92 Å². The van der Waals surface area contributed by atoms with Crippen molar-refractivity contribution in [3.05, 3.63) is 0 Å². The number of ether oxygens (including phenoxy) is 1. The van der Waals surface area contributed by atoms with E-state index in [-0.39, 0.29) is 12.0 Å². The van der Waals surface area contributed by atoms with Crippen LogP contribution in [0.5, 0.6) is 0 Å². The third-order valence-electron chi connectivity index (χ3n) is 4.08. The van der Waals surface area contributed by atoms with E-state index in [9.17, 15) is 4.79 Å². The summed E-state index contributed by atoms with van der Waals surface area (Å²) in [5, 5.41) is 3.42. The summed E-state index contributed by atoms with van der Waals surface area (Å²) in [5.41, 5.74) is 0.434. The Labute approximate surface area is 116 Å². The van der Waals surface area contributed by atoms with E-state index in [0.29, 0.717) is 18.1 Å². The molecule has 1 unspecified atom stereocenters. The molecular weight excluding hydrogens is 240 g/mol. The molecule has 0 aromatic carbocycles. The standard InChI is InChI=1S/C15H28N2O2/c1-4-19-14(18)13(16-12-5-6-12)7-9-17-10-8-15(2,3)11-17/h12-13,16H,4-11H2,1-3H3. The average Bonchev–Trinajstić information content (AvgIpc) is 3.09. The Morgan fingerprint density at radius 3 is 2.74 bits per heavy atom. The molecule has 1 heterocycles. The molecule has 4 heteroatoms. The van der Waals surface area contributed by atoms with Gasteiger partial charge in [0.2, 0.25) is 0 Å². The van der Waals surface area contributed by atoms with Gasteiger partial charge in [0.25, 0.3) is 0 Å². The fourth-order valence-electron chi connectivity index (χ4n) is 2.77. The predicted molar refractivity (Wildman–Crippen MR) is 76.0 cm³/mol. The van der Waals surface area contributed by atoms with Crippen molar-refractivity contribution in [1.29, 1.82) is 0 Å². The van der Waals surface area contributed by atoms with Crippen LogP contribution in [0.1, 0.15) is 46.5 Å². The number of hydrogen-bond donors (Lipinski definition) is 1. The van der Waals surface area contributed by atoms with Gasteiger partial charge >= 0.3 is 5.97 Å².